The number of alkyl halides is 6. The average molecular weight is 696 g/mol. The maximum Gasteiger partial charge on any atom is 0.400 e. The van der Waals surface area contributed by atoms with Gasteiger partial charge in [0.2, 0.25) is 5.91 Å². The standard InChI is InChI=1S/C31H39F6N3O6S/c1-17(2)23(40(5)26(42)15-25(30(32,33)34)31(35,36)37)14-24(46-19(4)41)28-39-22(16-47-28)27(43)38-21(12-18(3)29(44)45-6)13-20-10-8-7-9-11-20/h7-11,16-18,21,23-25H,12-15H2,1-6H3,(H,38,43)/t18-,21+,23?,24+/m0/s1. The van der Waals surface area contributed by atoms with Gasteiger partial charge in [0.15, 0.2) is 12.0 Å². The molecule has 1 N–H and O–H groups in total. The number of thiazole rings is 1. The van der Waals surface area contributed by atoms with Crippen LogP contribution in [0, 0.1) is 17.8 Å². The van der Waals surface area contributed by atoms with Crippen LogP contribution in [-0.4, -0.2) is 72.2 Å². The lowest BCUT2D eigenvalue weighted by atomic mass is 9.95. The molecule has 16 heteroatoms. The zero-order valence-corrected chi connectivity index (χ0v) is 27.6. The summed E-state index contributed by atoms with van der Waals surface area (Å²) < 4.78 is 89.0. The smallest absolute Gasteiger partial charge is 0.400 e. The first-order valence-electron chi connectivity index (χ1n) is 14.7. The second kappa shape index (κ2) is 16.9. The number of ether oxygens (including phenoxy) is 2. The van der Waals surface area contributed by atoms with Gasteiger partial charge in [-0.1, -0.05) is 51.1 Å². The number of benzene rings is 1. The second-order valence-corrected chi connectivity index (χ2v) is 12.5. The van der Waals surface area contributed by atoms with Crippen LogP contribution in [0.25, 0.3) is 0 Å². The molecule has 0 spiro atoms. The molecular weight excluding hydrogens is 656 g/mol. The molecule has 47 heavy (non-hydrogen) atoms. The molecule has 2 rings (SSSR count). The van der Waals surface area contributed by atoms with Gasteiger partial charge in [-0.3, -0.25) is 19.2 Å². The summed E-state index contributed by atoms with van der Waals surface area (Å²) in [5.41, 5.74) is 0.855. The lowest BCUT2D eigenvalue weighted by molar-refractivity contribution is -0.284. The van der Waals surface area contributed by atoms with Gasteiger partial charge in [-0.25, -0.2) is 4.98 Å². The Hall–Kier alpha value is -3.69. The highest BCUT2D eigenvalue weighted by Crippen LogP contribution is 2.42. The monoisotopic (exact) mass is 695 g/mol. The van der Waals surface area contributed by atoms with Crippen LogP contribution in [-0.2, 0) is 30.3 Å². The van der Waals surface area contributed by atoms with Gasteiger partial charge >= 0.3 is 24.3 Å². The van der Waals surface area contributed by atoms with Crippen molar-refractivity contribution in [2.24, 2.45) is 17.8 Å². The summed E-state index contributed by atoms with van der Waals surface area (Å²) in [6.45, 7) is 5.97. The Morgan fingerprint density at radius 2 is 1.57 bits per heavy atom. The molecule has 0 saturated carbocycles. The van der Waals surface area contributed by atoms with Crippen molar-refractivity contribution < 1.29 is 55.0 Å². The van der Waals surface area contributed by atoms with E-state index in [1.54, 1.807) is 20.8 Å². The third-order valence-electron chi connectivity index (χ3n) is 7.52. The van der Waals surface area contributed by atoms with Crippen molar-refractivity contribution in [3.8, 4) is 0 Å². The number of esters is 2. The predicted molar refractivity (Wildman–Crippen MR) is 160 cm³/mol. The molecule has 9 nitrogen and oxygen atoms in total. The zero-order chi connectivity index (χ0) is 35.7. The van der Waals surface area contributed by atoms with Crippen molar-refractivity contribution >= 4 is 35.1 Å². The maximum atomic E-state index is 13.3. The molecule has 0 fully saturated rings. The van der Waals surface area contributed by atoms with E-state index < -0.39 is 78.5 Å². The quantitative estimate of drug-likeness (QED) is 0.172. The fourth-order valence-corrected chi connectivity index (χ4v) is 5.87. The van der Waals surface area contributed by atoms with Gasteiger partial charge < -0.3 is 19.7 Å². The largest absolute Gasteiger partial charge is 0.469 e. The summed E-state index contributed by atoms with van der Waals surface area (Å²) in [4.78, 5) is 55.2. The summed E-state index contributed by atoms with van der Waals surface area (Å²) in [5, 5.41) is 4.40. The van der Waals surface area contributed by atoms with E-state index in [0.29, 0.717) is 6.42 Å². The lowest BCUT2D eigenvalue weighted by Gasteiger charge is -2.34. The van der Waals surface area contributed by atoms with Crippen LogP contribution in [0.3, 0.4) is 0 Å². The third kappa shape index (κ3) is 12.1. The second-order valence-electron chi connectivity index (χ2n) is 11.6. The number of carbonyl (C=O) groups is 4. The zero-order valence-electron chi connectivity index (χ0n) is 26.8. The Bertz CT molecular complexity index is 1340. The summed E-state index contributed by atoms with van der Waals surface area (Å²) in [6.07, 6.45) is -14.0. The van der Waals surface area contributed by atoms with E-state index >= 15 is 0 Å². The molecule has 1 heterocycles. The molecule has 0 aliphatic heterocycles. The van der Waals surface area contributed by atoms with Crippen molar-refractivity contribution in [1.29, 1.82) is 0 Å². The van der Waals surface area contributed by atoms with Crippen molar-refractivity contribution in [3.05, 3.63) is 52.0 Å². The van der Waals surface area contributed by atoms with Crippen LogP contribution in [0.2, 0.25) is 0 Å². The average Bonchev–Trinajstić information content (AvgIpc) is 3.46. The maximum absolute atomic E-state index is 13.3. The molecule has 1 aromatic carbocycles. The van der Waals surface area contributed by atoms with Crippen molar-refractivity contribution in [2.75, 3.05) is 14.2 Å². The molecule has 0 saturated heterocycles. The fraction of sp³-hybridized carbons (Fsp3) is 0.581. The van der Waals surface area contributed by atoms with Gasteiger partial charge in [0, 0.05) is 44.3 Å². The minimum absolute atomic E-state index is 0.0466. The Kier molecular flexibility index (Phi) is 14.2. The minimum Gasteiger partial charge on any atom is -0.469 e. The van der Waals surface area contributed by atoms with Gasteiger partial charge in [-0.15, -0.1) is 11.3 Å². The summed E-state index contributed by atoms with van der Waals surface area (Å²) in [5.74, 6) is -8.07. The van der Waals surface area contributed by atoms with Crippen LogP contribution < -0.4 is 5.32 Å². The summed E-state index contributed by atoms with van der Waals surface area (Å²) >= 11 is 0.948. The highest BCUT2D eigenvalue weighted by molar-refractivity contribution is 7.09. The highest BCUT2D eigenvalue weighted by atomic mass is 32.1. The van der Waals surface area contributed by atoms with E-state index in [-0.39, 0.29) is 23.5 Å². The van der Waals surface area contributed by atoms with Gasteiger partial charge in [0.1, 0.15) is 10.7 Å². The van der Waals surface area contributed by atoms with E-state index in [1.807, 2.05) is 30.3 Å². The molecule has 0 radical (unpaired) electrons. The molecule has 1 unspecified atom stereocenters. The normalized spacial score (nSPS) is 14.7. The Morgan fingerprint density at radius 1 is 0.979 bits per heavy atom. The van der Waals surface area contributed by atoms with E-state index in [9.17, 15) is 45.5 Å². The topological polar surface area (TPSA) is 115 Å². The molecule has 2 amide bonds. The van der Waals surface area contributed by atoms with Crippen LogP contribution in [0.15, 0.2) is 35.7 Å². The number of halogens is 6. The SMILES string of the molecule is COC(=O)[C@@H](C)C[C@H](Cc1ccccc1)NC(=O)c1csc([C@@H](CC(C(C)C)N(C)C(=O)CC(C(F)(F)F)C(F)(F)F)OC(C)=O)n1. The van der Waals surface area contributed by atoms with Gasteiger partial charge in [-0.05, 0) is 24.3 Å². The molecule has 0 bridgehead atoms. The van der Waals surface area contributed by atoms with Crippen LogP contribution in [0.5, 0.6) is 0 Å². The molecular formula is C31H39F6N3O6S. The molecule has 4 atom stereocenters. The predicted octanol–water partition coefficient (Wildman–Crippen LogP) is 6.29. The van der Waals surface area contributed by atoms with Gasteiger partial charge in [0.25, 0.3) is 5.91 Å². The minimum atomic E-state index is -5.68. The number of nitrogens with zero attached hydrogens (tertiary/aromatic N) is 2. The number of methoxy groups -OCH3 is 1. The van der Waals surface area contributed by atoms with E-state index in [2.05, 4.69) is 10.3 Å². The third-order valence-corrected chi connectivity index (χ3v) is 8.46. The van der Waals surface area contributed by atoms with Crippen molar-refractivity contribution in [1.82, 2.24) is 15.2 Å². The van der Waals surface area contributed by atoms with Crippen molar-refractivity contribution in [2.45, 2.75) is 83.9 Å². The number of nitrogens with one attached hydrogen (secondary N) is 1. The Balaban J connectivity index is 2.29. The number of aromatic nitrogens is 1. The van der Waals surface area contributed by atoms with Gasteiger partial charge in [-0.2, -0.15) is 26.3 Å². The highest BCUT2D eigenvalue weighted by Gasteiger charge is 2.57. The van der Waals surface area contributed by atoms with Gasteiger partial charge in [0.05, 0.1) is 13.0 Å². The first-order valence-corrected chi connectivity index (χ1v) is 15.6. The first-order chi connectivity index (χ1) is 21.7. The first kappa shape index (κ1) is 39.5. The number of amides is 2. The Morgan fingerprint density at radius 3 is 2.09 bits per heavy atom. The number of hydrogen-bond donors (Lipinski definition) is 1. The number of hydrogen-bond acceptors (Lipinski definition) is 8. The number of carbonyl (C=O) groups excluding carboxylic acids is 4. The van der Waals surface area contributed by atoms with E-state index in [0.717, 1.165) is 35.8 Å². The van der Waals surface area contributed by atoms with Crippen LogP contribution in [0.4, 0.5) is 26.3 Å². The molecule has 1 aromatic heterocycles. The lowest BCUT2D eigenvalue weighted by Crippen LogP contribution is -2.46. The number of rotatable bonds is 15. The van der Waals surface area contributed by atoms with E-state index in [4.69, 9.17) is 9.47 Å². The van der Waals surface area contributed by atoms with Crippen LogP contribution >= 0.6 is 11.3 Å². The summed E-state index contributed by atoms with van der Waals surface area (Å²) in [7, 11) is 2.35. The summed E-state index contributed by atoms with van der Waals surface area (Å²) in [6, 6.07) is 7.77. The molecule has 0 aliphatic carbocycles. The molecule has 262 valence electrons. The molecule has 0 aliphatic rings. The fourth-order valence-electron chi connectivity index (χ4n) is 5.03. The van der Waals surface area contributed by atoms with Crippen LogP contribution in [0.1, 0.15) is 74.1 Å². The Labute approximate surface area is 273 Å². The molecule has 2 aromatic rings. The van der Waals surface area contributed by atoms with Crippen molar-refractivity contribution in [3.63, 3.8) is 0 Å². The van der Waals surface area contributed by atoms with E-state index in [1.165, 1.54) is 12.5 Å².